The molecule has 2 aliphatic rings. The summed E-state index contributed by atoms with van der Waals surface area (Å²) >= 11 is 0. The Morgan fingerprint density at radius 2 is 1.81 bits per heavy atom. The Labute approximate surface area is 155 Å². The first-order valence-corrected chi connectivity index (χ1v) is 9.95. The summed E-state index contributed by atoms with van der Waals surface area (Å²) in [6.07, 6.45) is 10.7. The van der Waals surface area contributed by atoms with Crippen LogP contribution in [0.15, 0.2) is 42.7 Å². The second kappa shape index (κ2) is 7.94. The monoisotopic (exact) mass is 352 g/mol. The summed E-state index contributed by atoms with van der Waals surface area (Å²) in [5.41, 5.74) is 2.06. The lowest BCUT2D eigenvalue weighted by Gasteiger charge is -2.36. The van der Waals surface area contributed by atoms with Crippen molar-refractivity contribution in [2.75, 3.05) is 24.5 Å². The summed E-state index contributed by atoms with van der Waals surface area (Å²) < 4.78 is 1.96. The Balaban J connectivity index is 1.42. The molecule has 3 heterocycles. The van der Waals surface area contributed by atoms with E-state index in [2.05, 4.69) is 27.0 Å². The smallest absolute Gasteiger partial charge is 0.254 e. The van der Waals surface area contributed by atoms with Crippen LogP contribution in [0.2, 0.25) is 0 Å². The second-order valence-corrected chi connectivity index (χ2v) is 7.45. The molecule has 2 fully saturated rings. The fourth-order valence-electron chi connectivity index (χ4n) is 4.24. The summed E-state index contributed by atoms with van der Waals surface area (Å²) in [4.78, 5) is 17.6. The quantitative estimate of drug-likeness (QED) is 0.826. The lowest BCUT2D eigenvalue weighted by molar-refractivity contribution is 0.0594. The SMILES string of the molecule is O=C(c1ccc(N2CCCC2)cc1)N1CCCCC1CCn1cccn1. The summed E-state index contributed by atoms with van der Waals surface area (Å²) in [5, 5.41) is 4.28. The van der Waals surface area contributed by atoms with Crippen LogP contribution in [0.1, 0.15) is 48.9 Å². The number of aryl methyl sites for hydroxylation is 1. The van der Waals surface area contributed by atoms with Gasteiger partial charge in [-0.05, 0) is 68.9 Å². The zero-order chi connectivity index (χ0) is 17.8. The minimum absolute atomic E-state index is 0.183. The van der Waals surface area contributed by atoms with Gasteiger partial charge < -0.3 is 9.80 Å². The number of piperidine rings is 1. The number of nitrogens with zero attached hydrogens (tertiary/aromatic N) is 4. The molecule has 1 atom stereocenters. The molecule has 1 aromatic carbocycles. The molecule has 1 unspecified atom stereocenters. The van der Waals surface area contributed by atoms with E-state index < -0.39 is 0 Å². The Morgan fingerprint density at radius 1 is 1.04 bits per heavy atom. The fraction of sp³-hybridized carbons (Fsp3) is 0.524. The Hall–Kier alpha value is -2.30. The Kier molecular flexibility index (Phi) is 5.23. The average molecular weight is 352 g/mol. The van der Waals surface area contributed by atoms with E-state index in [1.54, 1.807) is 0 Å². The Morgan fingerprint density at radius 3 is 2.54 bits per heavy atom. The van der Waals surface area contributed by atoms with E-state index in [0.29, 0.717) is 6.04 Å². The molecule has 2 aromatic rings. The maximum Gasteiger partial charge on any atom is 0.254 e. The highest BCUT2D eigenvalue weighted by Gasteiger charge is 2.27. The molecule has 0 aliphatic carbocycles. The summed E-state index contributed by atoms with van der Waals surface area (Å²) in [6, 6.07) is 10.5. The molecule has 2 aliphatic heterocycles. The highest BCUT2D eigenvalue weighted by molar-refractivity contribution is 5.94. The number of carbonyl (C=O) groups is 1. The summed E-state index contributed by atoms with van der Waals surface area (Å²) in [7, 11) is 0. The van der Waals surface area contributed by atoms with Crippen LogP contribution in [0.5, 0.6) is 0 Å². The molecule has 0 saturated carbocycles. The van der Waals surface area contributed by atoms with Crippen LogP contribution in [0.4, 0.5) is 5.69 Å². The zero-order valence-electron chi connectivity index (χ0n) is 15.4. The van der Waals surface area contributed by atoms with Gasteiger partial charge in [0.1, 0.15) is 0 Å². The van der Waals surface area contributed by atoms with Gasteiger partial charge in [0.2, 0.25) is 0 Å². The molecule has 1 amide bonds. The number of aromatic nitrogens is 2. The molecule has 0 spiro atoms. The number of carbonyl (C=O) groups excluding carboxylic acids is 1. The van der Waals surface area contributed by atoms with Gasteiger partial charge in [-0.25, -0.2) is 0 Å². The van der Waals surface area contributed by atoms with Gasteiger partial charge in [0.15, 0.2) is 0 Å². The Bertz CT molecular complexity index is 704. The van der Waals surface area contributed by atoms with Crippen molar-refractivity contribution in [3.63, 3.8) is 0 Å². The van der Waals surface area contributed by atoms with Crippen LogP contribution in [0, 0.1) is 0 Å². The molecule has 0 radical (unpaired) electrons. The number of hydrogen-bond acceptors (Lipinski definition) is 3. The first-order valence-electron chi connectivity index (χ1n) is 9.95. The van der Waals surface area contributed by atoms with Crippen molar-refractivity contribution in [1.29, 1.82) is 0 Å². The largest absolute Gasteiger partial charge is 0.372 e. The maximum atomic E-state index is 13.1. The first kappa shape index (κ1) is 17.1. The highest BCUT2D eigenvalue weighted by atomic mass is 16.2. The number of rotatable bonds is 5. The van der Waals surface area contributed by atoms with E-state index in [1.807, 2.05) is 35.3 Å². The highest BCUT2D eigenvalue weighted by Crippen LogP contribution is 2.25. The number of benzene rings is 1. The van der Waals surface area contributed by atoms with Gasteiger partial charge in [-0.15, -0.1) is 0 Å². The molecular weight excluding hydrogens is 324 g/mol. The van der Waals surface area contributed by atoms with Crippen molar-refractivity contribution in [3.8, 4) is 0 Å². The van der Waals surface area contributed by atoms with Crippen LogP contribution < -0.4 is 4.90 Å². The molecule has 26 heavy (non-hydrogen) atoms. The van der Waals surface area contributed by atoms with E-state index in [4.69, 9.17) is 0 Å². The lowest BCUT2D eigenvalue weighted by Crippen LogP contribution is -2.44. The third kappa shape index (κ3) is 3.76. The number of anilines is 1. The summed E-state index contributed by atoms with van der Waals surface area (Å²) in [6.45, 7) is 4.01. The first-order chi connectivity index (χ1) is 12.8. The zero-order valence-corrected chi connectivity index (χ0v) is 15.4. The van der Waals surface area contributed by atoms with Gasteiger partial charge >= 0.3 is 0 Å². The summed E-state index contributed by atoms with van der Waals surface area (Å²) in [5.74, 6) is 0.183. The van der Waals surface area contributed by atoms with Crippen molar-refractivity contribution in [2.24, 2.45) is 0 Å². The average Bonchev–Trinajstić information content (AvgIpc) is 3.40. The topological polar surface area (TPSA) is 41.4 Å². The minimum Gasteiger partial charge on any atom is -0.372 e. The predicted octanol–water partition coefficient (Wildman–Crippen LogP) is 3.57. The standard InChI is InChI=1S/C21H28N4O/c26-21(18-7-9-19(10-8-18)23-13-3-4-14-23)25-16-2-1-6-20(25)11-17-24-15-5-12-22-24/h5,7-10,12,15,20H,1-4,6,11,13-14,16-17H2. The van der Waals surface area contributed by atoms with E-state index in [9.17, 15) is 4.79 Å². The van der Waals surface area contributed by atoms with Gasteiger partial charge in [-0.2, -0.15) is 5.10 Å². The molecule has 138 valence electrons. The molecule has 5 nitrogen and oxygen atoms in total. The third-order valence-corrected chi connectivity index (χ3v) is 5.72. The van der Waals surface area contributed by atoms with Crippen LogP contribution >= 0.6 is 0 Å². The minimum atomic E-state index is 0.183. The number of amides is 1. The van der Waals surface area contributed by atoms with Gasteiger partial charge in [0.25, 0.3) is 5.91 Å². The molecule has 2 saturated heterocycles. The second-order valence-electron chi connectivity index (χ2n) is 7.45. The van der Waals surface area contributed by atoms with Crippen LogP contribution in [-0.2, 0) is 6.54 Å². The van der Waals surface area contributed by atoms with Gasteiger partial charge in [0.05, 0.1) is 0 Å². The molecule has 0 bridgehead atoms. The van der Waals surface area contributed by atoms with E-state index >= 15 is 0 Å². The lowest BCUT2D eigenvalue weighted by atomic mass is 9.98. The fourth-order valence-corrected chi connectivity index (χ4v) is 4.24. The van der Waals surface area contributed by atoms with Crippen molar-refractivity contribution >= 4 is 11.6 Å². The van der Waals surface area contributed by atoms with E-state index in [0.717, 1.165) is 51.0 Å². The van der Waals surface area contributed by atoms with Crippen LogP contribution in [0.25, 0.3) is 0 Å². The van der Waals surface area contributed by atoms with Crippen molar-refractivity contribution in [2.45, 2.75) is 51.1 Å². The molecule has 5 heteroatoms. The molecule has 4 rings (SSSR count). The van der Waals surface area contributed by atoms with Crippen LogP contribution in [0.3, 0.4) is 0 Å². The van der Waals surface area contributed by atoms with Crippen molar-refractivity contribution in [1.82, 2.24) is 14.7 Å². The molecular formula is C21H28N4O. The van der Waals surface area contributed by atoms with E-state index in [1.165, 1.54) is 24.9 Å². The van der Waals surface area contributed by atoms with Crippen LogP contribution in [-0.4, -0.2) is 46.3 Å². The molecule has 0 N–H and O–H groups in total. The molecule has 1 aromatic heterocycles. The van der Waals surface area contributed by atoms with Gasteiger partial charge in [-0.1, -0.05) is 0 Å². The van der Waals surface area contributed by atoms with Crippen molar-refractivity contribution < 1.29 is 4.79 Å². The van der Waals surface area contributed by atoms with Crippen molar-refractivity contribution in [3.05, 3.63) is 48.3 Å². The number of likely N-dealkylation sites (tertiary alicyclic amines) is 1. The van der Waals surface area contributed by atoms with Gasteiger partial charge in [0, 0.05) is 55.9 Å². The normalized spacial score (nSPS) is 20.5. The predicted molar refractivity (Wildman–Crippen MR) is 103 cm³/mol. The van der Waals surface area contributed by atoms with E-state index in [-0.39, 0.29) is 5.91 Å². The maximum absolute atomic E-state index is 13.1. The third-order valence-electron chi connectivity index (χ3n) is 5.72. The van der Waals surface area contributed by atoms with Gasteiger partial charge in [-0.3, -0.25) is 9.48 Å². The number of hydrogen-bond donors (Lipinski definition) is 0.